The van der Waals surface area contributed by atoms with E-state index >= 15 is 0 Å². The van der Waals surface area contributed by atoms with Gasteiger partial charge in [0.05, 0.1) is 24.2 Å². The van der Waals surface area contributed by atoms with Crippen molar-refractivity contribution < 1.29 is 17.5 Å². The number of benzene rings is 1. The van der Waals surface area contributed by atoms with Crippen LogP contribution in [0.25, 0.3) is 0 Å². The molecule has 1 aliphatic rings. The predicted octanol–water partition coefficient (Wildman–Crippen LogP) is 1.76. The average molecular weight is 308 g/mol. The van der Waals surface area contributed by atoms with E-state index in [4.69, 9.17) is 16.3 Å². The first-order valence-corrected chi connectivity index (χ1v) is 7.86. The van der Waals surface area contributed by atoms with Gasteiger partial charge in [0.25, 0.3) is 0 Å². The second kappa shape index (κ2) is 5.75. The summed E-state index contributed by atoms with van der Waals surface area (Å²) < 4.78 is 44.8. The van der Waals surface area contributed by atoms with E-state index in [1.807, 2.05) is 0 Å². The number of rotatable bonds is 3. The van der Waals surface area contributed by atoms with Gasteiger partial charge in [0.15, 0.2) is 0 Å². The van der Waals surface area contributed by atoms with E-state index in [-0.39, 0.29) is 30.0 Å². The molecule has 1 aromatic carbocycles. The third-order valence-electron chi connectivity index (χ3n) is 3.08. The molecule has 1 atom stereocenters. The number of hydrogen-bond donors (Lipinski definition) is 0. The standard InChI is InChI=1S/C12H15ClFNO3S/c1-9-6-10(14)2-3-12(9)19(16,17)15-4-5-18-8-11(15)7-13/h2-3,6,11H,4-5,7-8H2,1H3. The highest BCUT2D eigenvalue weighted by Gasteiger charge is 2.34. The topological polar surface area (TPSA) is 46.6 Å². The summed E-state index contributed by atoms with van der Waals surface area (Å²) in [6.07, 6.45) is 0. The molecule has 2 rings (SSSR count). The second-order valence-corrected chi connectivity index (χ2v) is 6.58. The first-order chi connectivity index (χ1) is 8.96. The first kappa shape index (κ1) is 14.7. The van der Waals surface area contributed by atoms with Gasteiger partial charge in [-0.15, -0.1) is 11.6 Å². The van der Waals surface area contributed by atoms with Crippen LogP contribution in [-0.4, -0.2) is 44.4 Å². The summed E-state index contributed by atoms with van der Waals surface area (Å²) in [6, 6.07) is 3.27. The Kier molecular flexibility index (Phi) is 4.45. The number of hydrogen-bond acceptors (Lipinski definition) is 3. The molecule has 0 saturated carbocycles. The number of halogens is 2. The number of morpholine rings is 1. The van der Waals surface area contributed by atoms with Gasteiger partial charge in [0, 0.05) is 12.4 Å². The summed E-state index contributed by atoms with van der Waals surface area (Å²) in [4.78, 5) is 0.117. The normalized spacial score (nSPS) is 21.5. The summed E-state index contributed by atoms with van der Waals surface area (Å²) in [5.74, 6) is -0.285. The number of nitrogens with zero attached hydrogens (tertiary/aromatic N) is 1. The van der Waals surface area contributed by atoms with Crippen LogP contribution in [0.5, 0.6) is 0 Å². The van der Waals surface area contributed by atoms with Gasteiger partial charge in [-0.25, -0.2) is 12.8 Å². The van der Waals surface area contributed by atoms with E-state index in [9.17, 15) is 12.8 Å². The number of ether oxygens (including phenoxy) is 1. The summed E-state index contributed by atoms with van der Waals surface area (Å²) in [7, 11) is -3.67. The van der Waals surface area contributed by atoms with Crippen molar-refractivity contribution >= 4 is 21.6 Å². The summed E-state index contributed by atoms with van der Waals surface area (Å²) in [5, 5.41) is 0. The monoisotopic (exact) mass is 307 g/mol. The van der Waals surface area contributed by atoms with E-state index in [0.717, 1.165) is 6.07 Å². The molecule has 1 aliphatic heterocycles. The van der Waals surface area contributed by atoms with Crippen molar-refractivity contribution in [2.75, 3.05) is 25.6 Å². The van der Waals surface area contributed by atoms with E-state index < -0.39 is 15.8 Å². The van der Waals surface area contributed by atoms with Crippen LogP contribution in [0.15, 0.2) is 23.1 Å². The Bertz CT molecular complexity index is 564. The third-order valence-corrected chi connectivity index (χ3v) is 5.54. The molecule has 106 valence electrons. The highest BCUT2D eigenvalue weighted by Crippen LogP contribution is 2.24. The van der Waals surface area contributed by atoms with Crippen LogP contribution in [0, 0.1) is 12.7 Å². The predicted molar refractivity (Wildman–Crippen MR) is 70.4 cm³/mol. The van der Waals surface area contributed by atoms with Gasteiger partial charge in [0.2, 0.25) is 10.0 Å². The van der Waals surface area contributed by atoms with Crippen LogP contribution in [0.3, 0.4) is 0 Å². The average Bonchev–Trinajstić information content (AvgIpc) is 2.38. The van der Waals surface area contributed by atoms with Crippen LogP contribution in [0.4, 0.5) is 4.39 Å². The smallest absolute Gasteiger partial charge is 0.243 e. The largest absolute Gasteiger partial charge is 0.378 e. The van der Waals surface area contributed by atoms with Crippen molar-refractivity contribution in [3.05, 3.63) is 29.6 Å². The number of sulfonamides is 1. The number of aryl methyl sites for hydroxylation is 1. The lowest BCUT2D eigenvalue weighted by molar-refractivity contribution is 0.0404. The van der Waals surface area contributed by atoms with Crippen LogP contribution in [0.2, 0.25) is 0 Å². The zero-order valence-corrected chi connectivity index (χ0v) is 12.0. The van der Waals surface area contributed by atoms with Crippen LogP contribution in [-0.2, 0) is 14.8 Å². The maximum Gasteiger partial charge on any atom is 0.243 e. The maximum absolute atomic E-state index is 13.1. The molecule has 1 unspecified atom stereocenters. The van der Waals surface area contributed by atoms with Crippen LogP contribution >= 0.6 is 11.6 Å². The van der Waals surface area contributed by atoms with Crippen molar-refractivity contribution in [1.82, 2.24) is 4.31 Å². The quantitative estimate of drug-likeness (QED) is 0.800. The first-order valence-electron chi connectivity index (χ1n) is 5.88. The van der Waals surface area contributed by atoms with Gasteiger partial charge in [-0.3, -0.25) is 0 Å². The minimum Gasteiger partial charge on any atom is -0.378 e. The SMILES string of the molecule is Cc1cc(F)ccc1S(=O)(=O)N1CCOCC1CCl. The van der Waals surface area contributed by atoms with Gasteiger partial charge in [-0.1, -0.05) is 0 Å². The molecule has 0 aromatic heterocycles. The molecule has 0 aliphatic carbocycles. The lowest BCUT2D eigenvalue weighted by Gasteiger charge is -2.33. The zero-order chi connectivity index (χ0) is 14.0. The molecular formula is C12H15ClFNO3S. The molecule has 4 nitrogen and oxygen atoms in total. The Morgan fingerprint density at radius 2 is 2.26 bits per heavy atom. The van der Waals surface area contributed by atoms with Crippen LogP contribution in [0.1, 0.15) is 5.56 Å². The van der Waals surface area contributed by atoms with Gasteiger partial charge in [-0.05, 0) is 30.7 Å². The zero-order valence-electron chi connectivity index (χ0n) is 10.5. The third kappa shape index (κ3) is 2.91. The Morgan fingerprint density at radius 1 is 1.53 bits per heavy atom. The summed E-state index contributed by atoms with van der Waals surface area (Å²) in [6.45, 7) is 2.46. The molecule has 0 bridgehead atoms. The van der Waals surface area contributed by atoms with E-state index in [0.29, 0.717) is 12.2 Å². The number of alkyl halides is 1. The van der Waals surface area contributed by atoms with Crippen molar-refractivity contribution in [2.45, 2.75) is 17.9 Å². The molecule has 0 radical (unpaired) electrons. The molecule has 0 N–H and O–H groups in total. The lowest BCUT2D eigenvalue weighted by Crippen LogP contribution is -2.49. The fraction of sp³-hybridized carbons (Fsp3) is 0.500. The minimum atomic E-state index is -3.67. The van der Waals surface area contributed by atoms with Crippen molar-refractivity contribution in [1.29, 1.82) is 0 Å². The molecular weight excluding hydrogens is 293 g/mol. The Balaban J connectivity index is 2.40. The molecule has 7 heteroatoms. The van der Waals surface area contributed by atoms with Crippen LogP contribution < -0.4 is 0 Å². The molecule has 1 aromatic rings. The lowest BCUT2D eigenvalue weighted by atomic mass is 10.2. The Morgan fingerprint density at radius 3 is 2.89 bits per heavy atom. The highest BCUT2D eigenvalue weighted by atomic mass is 35.5. The molecule has 0 spiro atoms. The molecule has 1 fully saturated rings. The van der Waals surface area contributed by atoms with E-state index in [1.54, 1.807) is 6.92 Å². The van der Waals surface area contributed by atoms with Crippen molar-refractivity contribution in [3.8, 4) is 0 Å². The summed E-state index contributed by atoms with van der Waals surface area (Å²) >= 11 is 5.79. The second-order valence-electron chi connectivity index (χ2n) is 4.41. The van der Waals surface area contributed by atoms with Gasteiger partial charge < -0.3 is 4.74 Å². The fourth-order valence-corrected chi connectivity index (χ4v) is 4.24. The minimum absolute atomic E-state index is 0.117. The molecule has 19 heavy (non-hydrogen) atoms. The molecule has 1 heterocycles. The van der Waals surface area contributed by atoms with E-state index in [2.05, 4.69) is 0 Å². The molecule has 0 amide bonds. The fourth-order valence-electron chi connectivity index (χ4n) is 2.11. The van der Waals surface area contributed by atoms with Gasteiger partial charge >= 0.3 is 0 Å². The van der Waals surface area contributed by atoms with Gasteiger partial charge in [0.1, 0.15) is 5.82 Å². The Labute approximate surface area is 117 Å². The van der Waals surface area contributed by atoms with E-state index in [1.165, 1.54) is 16.4 Å². The van der Waals surface area contributed by atoms with Crippen molar-refractivity contribution in [3.63, 3.8) is 0 Å². The maximum atomic E-state index is 13.1. The van der Waals surface area contributed by atoms with Gasteiger partial charge in [-0.2, -0.15) is 4.31 Å². The highest BCUT2D eigenvalue weighted by molar-refractivity contribution is 7.89. The van der Waals surface area contributed by atoms with Crippen molar-refractivity contribution in [2.24, 2.45) is 0 Å². The summed E-state index contributed by atoms with van der Waals surface area (Å²) in [5.41, 5.74) is 0.389. The Hall–Kier alpha value is -0.690. The molecule has 1 saturated heterocycles.